The van der Waals surface area contributed by atoms with Gasteiger partial charge in [-0.1, -0.05) is 53.6 Å². The Morgan fingerprint density at radius 1 is 1.17 bits per heavy atom. The Morgan fingerprint density at radius 3 is 2.61 bits per heavy atom. The summed E-state index contributed by atoms with van der Waals surface area (Å²) in [7, 11) is 0. The molecular weight excluding hydrogens is 331 g/mol. The third-order valence-corrected chi connectivity index (χ3v) is 4.52. The molecule has 0 aromatic heterocycles. The predicted octanol–water partition coefficient (Wildman–Crippen LogP) is 5.93. The van der Waals surface area contributed by atoms with E-state index in [1.165, 1.54) is 11.1 Å². The van der Waals surface area contributed by atoms with Gasteiger partial charge in [0.2, 0.25) is 0 Å². The van der Waals surface area contributed by atoms with E-state index in [9.17, 15) is 0 Å². The summed E-state index contributed by atoms with van der Waals surface area (Å²) in [6.45, 7) is 2.08. The van der Waals surface area contributed by atoms with Gasteiger partial charge in [0.05, 0.1) is 10.4 Å². The van der Waals surface area contributed by atoms with Crippen molar-refractivity contribution in [2.45, 2.75) is 18.7 Å². The first kappa shape index (κ1) is 13.9. The number of alkyl halides is 1. The largest absolute Gasteiger partial charge is 0.117 e. The maximum Gasteiger partial charge on any atom is 0.0640 e. The summed E-state index contributed by atoms with van der Waals surface area (Å²) in [6.07, 6.45) is 0.777. The smallest absolute Gasteiger partial charge is 0.0640 e. The fourth-order valence-electron chi connectivity index (χ4n) is 1.92. The van der Waals surface area contributed by atoms with E-state index in [4.69, 9.17) is 23.2 Å². The molecule has 0 aliphatic heterocycles. The van der Waals surface area contributed by atoms with Crippen molar-refractivity contribution < 1.29 is 0 Å². The van der Waals surface area contributed by atoms with Crippen molar-refractivity contribution in [2.75, 3.05) is 0 Å². The zero-order valence-corrected chi connectivity index (χ0v) is 13.1. The molecule has 0 spiro atoms. The second-order valence-corrected chi connectivity index (χ2v) is 6.06. The Kier molecular flexibility index (Phi) is 4.71. The van der Waals surface area contributed by atoms with Gasteiger partial charge in [0.15, 0.2) is 0 Å². The molecule has 0 radical (unpaired) electrons. The Balaban J connectivity index is 2.22. The van der Waals surface area contributed by atoms with Crippen LogP contribution in [0.25, 0.3) is 0 Å². The van der Waals surface area contributed by atoms with E-state index in [0.717, 1.165) is 16.5 Å². The van der Waals surface area contributed by atoms with Crippen LogP contribution in [0.5, 0.6) is 0 Å². The molecule has 94 valence electrons. The molecule has 18 heavy (non-hydrogen) atoms. The van der Waals surface area contributed by atoms with Crippen LogP contribution >= 0.6 is 39.1 Å². The first-order chi connectivity index (χ1) is 8.58. The standard InChI is InChI=1S/C15H13BrCl2/c1-10-4-2-5-11(8-10)9-14(17)12-6-3-7-13(16)15(12)18/h2-8,14H,9H2,1H3. The van der Waals surface area contributed by atoms with E-state index >= 15 is 0 Å². The molecule has 0 saturated carbocycles. The van der Waals surface area contributed by atoms with Crippen molar-refractivity contribution in [1.82, 2.24) is 0 Å². The molecule has 0 N–H and O–H groups in total. The summed E-state index contributed by atoms with van der Waals surface area (Å²) in [4.78, 5) is 0. The highest BCUT2D eigenvalue weighted by molar-refractivity contribution is 9.10. The van der Waals surface area contributed by atoms with Gasteiger partial charge in [-0.2, -0.15) is 0 Å². The highest BCUT2D eigenvalue weighted by atomic mass is 79.9. The van der Waals surface area contributed by atoms with Crippen LogP contribution in [0.1, 0.15) is 22.1 Å². The molecule has 1 atom stereocenters. The predicted molar refractivity (Wildman–Crippen MR) is 82.6 cm³/mol. The van der Waals surface area contributed by atoms with Gasteiger partial charge in [0, 0.05) is 4.47 Å². The lowest BCUT2D eigenvalue weighted by molar-refractivity contribution is 0.917. The highest BCUT2D eigenvalue weighted by Crippen LogP contribution is 2.35. The van der Waals surface area contributed by atoms with Crippen molar-refractivity contribution in [3.8, 4) is 0 Å². The first-order valence-corrected chi connectivity index (χ1v) is 7.32. The lowest BCUT2D eigenvalue weighted by atomic mass is 10.0. The van der Waals surface area contributed by atoms with Gasteiger partial charge in [0.25, 0.3) is 0 Å². The second kappa shape index (κ2) is 6.10. The van der Waals surface area contributed by atoms with Crippen molar-refractivity contribution in [3.63, 3.8) is 0 Å². The minimum absolute atomic E-state index is 0.114. The number of hydrogen-bond donors (Lipinski definition) is 0. The molecule has 0 bridgehead atoms. The SMILES string of the molecule is Cc1cccc(CC(Cl)c2cccc(Br)c2Cl)c1. The van der Waals surface area contributed by atoms with Crippen LogP contribution in [-0.2, 0) is 6.42 Å². The topological polar surface area (TPSA) is 0 Å². The molecule has 1 unspecified atom stereocenters. The van der Waals surface area contributed by atoms with Crippen LogP contribution in [0.3, 0.4) is 0 Å². The monoisotopic (exact) mass is 342 g/mol. The zero-order chi connectivity index (χ0) is 13.1. The minimum Gasteiger partial charge on any atom is -0.117 e. The van der Waals surface area contributed by atoms with E-state index in [1.807, 2.05) is 18.2 Å². The summed E-state index contributed by atoms with van der Waals surface area (Å²) < 4.78 is 0.886. The van der Waals surface area contributed by atoms with Crippen molar-refractivity contribution in [1.29, 1.82) is 0 Å². The molecule has 0 aliphatic carbocycles. The first-order valence-electron chi connectivity index (χ1n) is 5.71. The summed E-state index contributed by atoms with van der Waals surface area (Å²) in [5.41, 5.74) is 3.44. The lowest BCUT2D eigenvalue weighted by Crippen LogP contribution is -1.97. The van der Waals surface area contributed by atoms with Gasteiger partial charge in [-0.05, 0) is 46.5 Å². The summed E-state index contributed by atoms with van der Waals surface area (Å²) >= 11 is 16.1. The van der Waals surface area contributed by atoms with Crippen LogP contribution in [0.4, 0.5) is 0 Å². The number of hydrogen-bond acceptors (Lipinski definition) is 0. The molecule has 0 aliphatic rings. The minimum atomic E-state index is -0.114. The molecule has 0 heterocycles. The van der Waals surface area contributed by atoms with E-state index < -0.39 is 0 Å². The van der Waals surface area contributed by atoms with Crippen LogP contribution in [-0.4, -0.2) is 0 Å². The lowest BCUT2D eigenvalue weighted by Gasteiger charge is -2.13. The molecule has 3 heteroatoms. The van der Waals surface area contributed by atoms with E-state index in [2.05, 4.69) is 47.1 Å². The Labute approximate surface area is 126 Å². The molecule has 0 fully saturated rings. The van der Waals surface area contributed by atoms with E-state index in [0.29, 0.717) is 5.02 Å². The number of benzene rings is 2. The van der Waals surface area contributed by atoms with Gasteiger partial charge >= 0.3 is 0 Å². The average Bonchev–Trinajstić information content (AvgIpc) is 2.32. The average molecular weight is 344 g/mol. The van der Waals surface area contributed by atoms with Crippen molar-refractivity contribution >= 4 is 39.1 Å². The Bertz CT molecular complexity index is 552. The van der Waals surface area contributed by atoms with Gasteiger partial charge in [0.1, 0.15) is 0 Å². The molecule has 0 amide bonds. The number of rotatable bonds is 3. The molecule has 0 nitrogen and oxygen atoms in total. The van der Waals surface area contributed by atoms with Crippen molar-refractivity contribution in [3.05, 3.63) is 68.7 Å². The maximum atomic E-state index is 6.47. The highest BCUT2D eigenvalue weighted by Gasteiger charge is 2.14. The van der Waals surface area contributed by atoms with Crippen LogP contribution in [0, 0.1) is 6.92 Å². The van der Waals surface area contributed by atoms with Gasteiger partial charge in [-0.3, -0.25) is 0 Å². The Morgan fingerprint density at radius 2 is 1.89 bits per heavy atom. The summed E-state index contributed by atoms with van der Waals surface area (Å²) in [6, 6.07) is 14.2. The molecular formula is C15H13BrCl2. The quantitative estimate of drug-likeness (QED) is 0.605. The van der Waals surface area contributed by atoms with Gasteiger partial charge in [-0.15, -0.1) is 11.6 Å². The molecule has 2 aromatic rings. The second-order valence-electron chi connectivity index (χ2n) is 4.30. The van der Waals surface area contributed by atoms with Crippen LogP contribution in [0.15, 0.2) is 46.9 Å². The maximum absolute atomic E-state index is 6.47. The summed E-state index contributed by atoms with van der Waals surface area (Å²) in [5, 5.41) is 0.585. The zero-order valence-electron chi connectivity index (χ0n) is 9.96. The Hall–Kier alpha value is -0.500. The third kappa shape index (κ3) is 3.28. The van der Waals surface area contributed by atoms with E-state index in [-0.39, 0.29) is 5.38 Å². The molecule has 2 rings (SSSR count). The fourth-order valence-corrected chi connectivity index (χ4v) is 2.97. The van der Waals surface area contributed by atoms with Crippen LogP contribution in [0.2, 0.25) is 5.02 Å². The summed E-state index contributed by atoms with van der Waals surface area (Å²) in [5.74, 6) is 0. The normalized spacial score (nSPS) is 12.4. The van der Waals surface area contributed by atoms with Crippen LogP contribution < -0.4 is 0 Å². The van der Waals surface area contributed by atoms with Gasteiger partial charge < -0.3 is 0 Å². The molecule has 0 saturated heterocycles. The number of aryl methyl sites for hydroxylation is 1. The fraction of sp³-hybridized carbons (Fsp3) is 0.200. The van der Waals surface area contributed by atoms with Crippen molar-refractivity contribution in [2.24, 2.45) is 0 Å². The number of halogens is 3. The van der Waals surface area contributed by atoms with E-state index in [1.54, 1.807) is 0 Å². The third-order valence-electron chi connectivity index (χ3n) is 2.82. The van der Waals surface area contributed by atoms with Gasteiger partial charge in [-0.25, -0.2) is 0 Å². The molecule has 2 aromatic carbocycles.